The number of nitrogens with zero attached hydrogens (tertiary/aromatic N) is 2. The number of hydrogen-bond donors (Lipinski definition) is 2. The monoisotopic (exact) mass is 548 g/mol. The third kappa shape index (κ3) is 7.28. The van der Waals surface area contributed by atoms with E-state index in [1.54, 1.807) is 19.4 Å². The molecule has 0 amide bonds. The molecule has 0 spiro atoms. The summed E-state index contributed by atoms with van der Waals surface area (Å²) in [5.41, 5.74) is 1.73. The Bertz CT molecular complexity index is 910. The van der Waals surface area contributed by atoms with Gasteiger partial charge in [-0.15, -0.1) is 24.0 Å². The quantitative estimate of drug-likeness (QED) is 0.284. The maximum Gasteiger partial charge on any atom is 0.191 e. The van der Waals surface area contributed by atoms with Gasteiger partial charge in [0.25, 0.3) is 0 Å². The number of sulfone groups is 1. The highest BCUT2D eigenvalue weighted by atomic mass is 127. The normalized spacial score (nSPS) is 13.1. The van der Waals surface area contributed by atoms with Gasteiger partial charge in [0.1, 0.15) is 5.76 Å². The zero-order valence-corrected chi connectivity index (χ0v) is 21.5. The van der Waals surface area contributed by atoms with Crippen molar-refractivity contribution in [3.63, 3.8) is 0 Å². The van der Waals surface area contributed by atoms with Crippen LogP contribution in [0.3, 0.4) is 0 Å². The minimum absolute atomic E-state index is 0. The van der Waals surface area contributed by atoms with Gasteiger partial charge in [0.15, 0.2) is 15.8 Å². The van der Waals surface area contributed by atoms with Crippen molar-refractivity contribution in [1.82, 2.24) is 15.5 Å². The van der Waals surface area contributed by atoms with Gasteiger partial charge in [-0.3, -0.25) is 9.89 Å². The smallest absolute Gasteiger partial charge is 0.191 e. The Hall–Kier alpha value is -1.59. The lowest BCUT2D eigenvalue weighted by Gasteiger charge is -2.28. The number of nitrogens with one attached hydrogen (secondary N) is 2. The second-order valence-electron chi connectivity index (χ2n) is 6.93. The fraction of sp³-hybridized carbons (Fsp3) is 0.476. The summed E-state index contributed by atoms with van der Waals surface area (Å²) in [6, 6.07) is 9.37. The molecule has 0 saturated heterocycles. The van der Waals surface area contributed by atoms with Crippen LogP contribution >= 0.6 is 24.0 Å². The van der Waals surface area contributed by atoms with E-state index in [0.717, 1.165) is 30.0 Å². The molecule has 0 aliphatic carbocycles. The molecule has 1 aromatic carbocycles. The number of halogens is 1. The molecule has 9 heteroatoms. The molecule has 2 aromatic rings. The molecule has 30 heavy (non-hydrogen) atoms. The molecule has 0 aliphatic heterocycles. The molecule has 0 radical (unpaired) electrons. The van der Waals surface area contributed by atoms with Crippen molar-refractivity contribution in [2.75, 3.05) is 32.9 Å². The number of rotatable bonds is 9. The van der Waals surface area contributed by atoms with E-state index >= 15 is 0 Å². The van der Waals surface area contributed by atoms with Crippen LogP contribution in [0.1, 0.15) is 36.8 Å². The van der Waals surface area contributed by atoms with Crippen molar-refractivity contribution in [1.29, 1.82) is 0 Å². The zero-order valence-electron chi connectivity index (χ0n) is 18.3. The Kier molecular flexibility index (Phi) is 10.9. The summed E-state index contributed by atoms with van der Waals surface area (Å²) in [5, 5.41) is 6.66. The summed E-state index contributed by atoms with van der Waals surface area (Å²) in [5.74, 6) is 1.60. The third-order valence-corrected chi connectivity index (χ3v) is 6.17. The number of aliphatic imine (C=N–C) groups is 1. The van der Waals surface area contributed by atoms with E-state index < -0.39 is 9.84 Å². The molecule has 0 fully saturated rings. The first-order chi connectivity index (χ1) is 13.8. The van der Waals surface area contributed by atoms with Gasteiger partial charge in [-0.25, -0.2) is 8.42 Å². The van der Waals surface area contributed by atoms with Gasteiger partial charge in [-0.05, 0) is 49.3 Å². The standard InChI is InChI=1S/C21H32N4O3S.HI/c1-6-25(7-2)18(19-9-8-12-28-19)15-24-21(22-4)23-14-17-10-11-20(16(3)13-17)29(5,26)27;/h8-13,18H,6-7,14-15H2,1-5H3,(H2,22,23,24);1H. The maximum atomic E-state index is 11.8. The molecule has 0 saturated carbocycles. The highest BCUT2D eigenvalue weighted by molar-refractivity contribution is 14.0. The first kappa shape index (κ1) is 26.4. The van der Waals surface area contributed by atoms with Crippen molar-refractivity contribution in [2.24, 2.45) is 4.99 Å². The topological polar surface area (TPSA) is 86.9 Å². The van der Waals surface area contributed by atoms with E-state index in [0.29, 0.717) is 23.9 Å². The van der Waals surface area contributed by atoms with Crippen molar-refractivity contribution in [2.45, 2.75) is 38.3 Å². The van der Waals surface area contributed by atoms with Gasteiger partial charge >= 0.3 is 0 Å². The number of benzene rings is 1. The van der Waals surface area contributed by atoms with Gasteiger partial charge in [0.05, 0.1) is 17.2 Å². The number of hydrogen-bond acceptors (Lipinski definition) is 5. The molecular formula is C21H33IN4O3S. The van der Waals surface area contributed by atoms with Crippen molar-refractivity contribution >= 4 is 39.8 Å². The Balaban J connectivity index is 0.00000450. The second-order valence-corrected chi connectivity index (χ2v) is 8.92. The lowest BCUT2D eigenvalue weighted by atomic mass is 10.1. The summed E-state index contributed by atoms with van der Waals surface area (Å²) in [4.78, 5) is 6.99. The predicted molar refractivity (Wildman–Crippen MR) is 132 cm³/mol. The fourth-order valence-electron chi connectivity index (χ4n) is 3.39. The van der Waals surface area contributed by atoms with E-state index in [2.05, 4.69) is 34.4 Å². The lowest BCUT2D eigenvalue weighted by molar-refractivity contribution is 0.193. The summed E-state index contributed by atoms with van der Waals surface area (Å²) in [6.45, 7) is 9.11. The van der Waals surface area contributed by atoms with Crippen LogP contribution in [0, 0.1) is 6.92 Å². The van der Waals surface area contributed by atoms with Crippen LogP contribution in [0.2, 0.25) is 0 Å². The predicted octanol–water partition coefficient (Wildman–Crippen LogP) is 3.36. The summed E-state index contributed by atoms with van der Waals surface area (Å²) >= 11 is 0. The van der Waals surface area contributed by atoms with Crippen LogP contribution in [0.25, 0.3) is 0 Å². The minimum atomic E-state index is -3.21. The van der Waals surface area contributed by atoms with E-state index in [-0.39, 0.29) is 30.0 Å². The molecule has 0 bridgehead atoms. The van der Waals surface area contributed by atoms with Crippen LogP contribution in [0.5, 0.6) is 0 Å². The van der Waals surface area contributed by atoms with Crippen molar-refractivity contribution in [3.8, 4) is 0 Å². The highest BCUT2D eigenvalue weighted by Crippen LogP contribution is 2.20. The number of aryl methyl sites for hydroxylation is 1. The average Bonchev–Trinajstić information content (AvgIpc) is 3.20. The SMILES string of the molecule is CCN(CC)C(CNC(=NC)NCc1ccc(S(C)(=O)=O)c(C)c1)c1ccco1.I. The first-order valence-electron chi connectivity index (χ1n) is 9.81. The number of likely N-dealkylation sites (N-methyl/N-ethyl adjacent to an activating group) is 1. The van der Waals surface area contributed by atoms with Gasteiger partial charge in [-0.1, -0.05) is 26.0 Å². The second kappa shape index (κ2) is 12.3. The van der Waals surface area contributed by atoms with Crippen LogP contribution in [-0.2, 0) is 16.4 Å². The van der Waals surface area contributed by atoms with Gasteiger partial charge in [0.2, 0.25) is 0 Å². The van der Waals surface area contributed by atoms with E-state index in [9.17, 15) is 8.42 Å². The average molecular weight is 548 g/mol. The lowest BCUT2D eigenvalue weighted by Crippen LogP contribution is -2.42. The Morgan fingerprint density at radius 2 is 1.90 bits per heavy atom. The maximum absolute atomic E-state index is 11.8. The molecule has 2 rings (SSSR count). The first-order valence-corrected chi connectivity index (χ1v) is 11.7. The molecular weight excluding hydrogens is 515 g/mol. The van der Waals surface area contributed by atoms with E-state index in [4.69, 9.17) is 4.42 Å². The van der Waals surface area contributed by atoms with E-state index in [1.807, 2.05) is 31.2 Å². The van der Waals surface area contributed by atoms with Crippen LogP contribution in [-0.4, -0.2) is 52.2 Å². The molecule has 0 aliphatic rings. The van der Waals surface area contributed by atoms with Crippen LogP contribution in [0.15, 0.2) is 50.9 Å². The molecule has 2 N–H and O–H groups in total. The van der Waals surface area contributed by atoms with Gasteiger partial charge in [-0.2, -0.15) is 0 Å². The molecule has 1 atom stereocenters. The molecule has 7 nitrogen and oxygen atoms in total. The van der Waals surface area contributed by atoms with E-state index in [1.165, 1.54) is 6.26 Å². The molecule has 1 aromatic heterocycles. The molecule has 1 heterocycles. The van der Waals surface area contributed by atoms with Crippen molar-refractivity contribution < 1.29 is 12.8 Å². The summed E-state index contributed by atoms with van der Waals surface area (Å²) < 4.78 is 29.2. The Morgan fingerprint density at radius 1 is 1.20 bits per heavy atom. The largest absolute Gasteiger partial charge is 0.468 e. The number of guanidine groups is 1. The minimum Gasteiger partial charge on any atom is -0.468 e. The fourth-order valence-corrected chi connectivity index (χ4v) is 4.35. The number of furan rings is 1. The summed E-state index contributed by atoms with van der Waals surface area (Å²) in [7, 11) is -1.48. The summed E-state index contributed by atoms with van der Waals surface area (Å²) in [6.07, 6.45) is 2.92. The van der Waals surface area contributed by atoms with Crippen molar-refractivity contribution in [3.05, 3.63) is 53.5 Å². The van der Waals surface area contributed by atoms with Crippen LogP contribution < -0.4 is 10.6 Å². The Labute approximate surface area is 197 Å². The molecule has 168 valence electrons. The van der Waals surface area contributed by atoms with Crippen LogP contribution in [0.4, 0.5) is 0 Å². The highest BCUT2D eigenvalue weighted by Gasteiger charge is 2.20. The third-order valence-electron chi connectivity index (χ3n) is 4.91. The zero-order chi connectivity index (χ0) is 21.4. The molecule has 1 unspecified atom stereocenters. The van der Waals surface area contributed by atoms with Gasteiger partial charge in [0, 0.05) is 26.4 Å². The Morgan fingerprint density at radius 3 is 2.40 bits per heavy atom. The van der Waals surface area contributed by atoms with Gasteiger partial charge < -0.3 is 15.1 Å².